The summed E-state index contributed by atoms with van der Waals surface area (Å²) in [5.74, 6) is -0.839. The molecule has 2 aromatic rings. The Hall–Kier alpha value is -2.19. The Kier molecular flexibility index (Phi) is 7.80. The van der Waals surface area contributed by atoms with E-state index >= 15 is 0 Å². The topological polar surface area (TPSA) is 88.0 Å². The third-order valence-corrected chi connectivity index (χ3v) is 4.36. The second-order valence-corrected chi connectivity index (χ2v) is 6.99. The minimum absolute atomic E-state index is 0.0774. The Balaban J connectivity index is 1.98. The highest BCUT2D eigenvalue weighted by Gasteiger charge is 2.09. The van der Waals surface area contributed by atoms with Crippen molar-refractivity contribution < 1.29 is 19.4 Å². The molecule has 0 bridgehead atoms. The van der Waals surface area contributed by atoms with Crippen molar-refractivity contribution in [2.75, 3.05) is 6.61 Å². The van der Waals surface area contributed by atoms with Gasteiger partial charge < -0.3 is 9.84 Å². The molecule has 0 aliphatic carbocycles. The standard InChI is InChI=1S/C18H16Br2N2O4/c19-13-6-8-16(14(20)10-13)26-11-17(23)22-21-15(7-9-18(24)25)12-4-2-1-3-5-12/h1-6,8,10H,7,9,11H2,(H,22,23)(H,24,25). The normalized spacial score (nSPS) is 11.1. The fourth-order valence-corrected chi connectivity index (χ4v) is 3.18. The predicted molar refractivity (Wildman–Crippen MR) is 105 cm³/mol. The first-order valence-corrected chi connectivity index (χ1v) is 9.25. The number of carbonyl (C=O) groups is 2. The number of hydrogen-bond donors (Lipinski definition) is 2. The number of amides is 1. The highest BCUT2D eigenvalue weighted by atomic mass is 79.9. The second kappa shape index (κ2) is 10.1. The fraction of sp³-hybridized carbons (Fsp3) is 0.167. The Morgan fingerprint density at radius 3 is 2.46 bits per heavy atom. The molecular formula is C18H16Br2N2O4. The molecule has 26 heavy (non-hydrogen) atoms. The number of hydrogen-bond acceptors (Lipinski definition) is 4. The van der Waals surface area contributed by atoms with Crippen LogP contribution in [0.5, 0.6) is 5.75 Å². The van der Waals surface area contributed by atoms with Gasteiger partial charge in [-0.1, -0.05) is 46.3 Å². The van der Waals surface area contributed by atoms with Crippen molar-refractivity contribution >= 4 is 49.4 Å². The van der Waals surface area contributed by atoms with Crippen molar-refractivity contribution in [3.63, 3.8) is 0 Å². The first-order valence-electron chi connectivity index (χ1n) is 7.66. The summed E-state index contributed by atoms with van der Waals surface area (Å²) in [6, 6.07) is 14.4. The summed E-state index contributed by atoms with van der Waals surface area (Å²) in [5, 5.41) is 12.9. The van der Waals surface area contributed by atoms with Crippen LogP contribution in [0.25, 0.3) is 0 Å². The average Bonchev–Trinajstić information content (AvgIpc) is 2.61. The van der Waals surface area contributed by atoms with Crippen LogP contribution in [0, 0.1) is 0 Å². The summed E-state index contributed by atoms with van der Waals surface area (Å²) in [6.07, 6.45) is 0.130. The first-order chi connectivity index (χ1) is 12.5. The maximum atomic E-state index is 12.0. The van der Waals surface area contributed by atoms with Gasteiger partial charge in [0.25, 0.3) is 5.91 Å². The molecule has 136 valence electrons. The highest BCUT2D eigenvalue weighted by Crippen LogP contribution is 2.28. The van der Waals surface area contributed by atoms with Gasteiger partial charge in [0, 0.05) is 10.9 Å². The zero-order chi connectivity index (χ0) is 18.9. The van der Waals surface area contributed by atoms with Crippen LogP contribution in [-0.2, 0) is 9.59 Å². The van der Waals surface area contributed by atoms with Gasteiger partial charge in [-0.25, -0.2) is 5.43 Å². The molecule has 0 aliphatic heterocycles. The van der Waals surface area contributed by atoms with Gasteiger partial charge in [-0.2, -0.15) is 5.10 Å². The van der Waals surface area contributed by atoms with Crippen LogP contribution in [0.2, 0.25) is 0 Å². The van der Waals surface area contributed by atoms with Crippen molar-refractivity contribution in [1.29, 1.82) is 0 Å². The van der Waals surface area contributed by atoms with E-state index in [1.807, 2.05) is 36.4 Å². The third kappa shape index (κ3) is 6.61. The molecule has 1 amide bonds. The number of ether oxygens (including phenoxy) is 1. The molecule has 0 fully saturated rings. The number of nitrogens with zero attached hydrogens (tertiary/aromatic N) is 1. The van der Waals surface area contributed by atoms with Crippen LogP contribution in [0.1, 0.15) is 18.4 Å². The largest absolute Gasteiger partial charge is 0.483 e. The molecule has 2 N–H and O–H groups in total. The Morgan fingerprint density at radius 2 is 1.81 bits per heavy atom. The number of benzene rings is 2. The highest BCUT2D eigenvalue weighted by molar-refractivity contribution is 9.11. The van der Waals surface area contributed by atoms with Crippen molar-refractivity contribution in [2.45, 2.75) is 12.8 Å². The summed E-state index contributed by atoms with van der Waals surface area (Å²) in [5.41, 5.74) is 3.66. The maximum absolute atomic E-state index is 12.0. The molecule has 8 heteroatoms. The molecule has 2 aromatic carbocycles. The lowest BCUT2D eigenvalue weighted by Crippen LogP contribution is -2.26. The number of carboxylic acids is 1. The van der Waals surface area contributed by atoms with E-state index in [0.29, 0.717) is 11.5 Å². The summed E-state index contributed by atoms with van der Waals surface area (Å²) in [4.78, 5) is 22.8. The number of rotatable bonds is 8. The summed E-state index contributed by atoms with van der Waals surface area (Å²) in [7, 11) is 0. The van der Waals surface area contributed by atoms with E-state index in [1.54, 1.807) is 12.1 Å². The van der Waals surface area contributed by atoms with Crippen LogP contribution in [0.3, 0.4) is 0 Å². The molecule has 0 aromatic heterocycles. The molecule has 6 nitrogen and oxygen atoms in total. The van der Waals surface area contributed by atoms with Gasteiger partial charge in [-0.15, -0.1) is 0 Å². The van der Waals surface area contributed by atoms with Gasteiger partial charge in [-0.05, 0) is 39.7 Å². The predicted octanol–water partition coefficient (Wildman–Crippen LogP) is 3.98. The van der Waals surface area contributed by atoms with E-state index in [1.165, 1.54) is 0 Å². The zero-order valence-electron chi connectivity index (χ0n) is 13.6. The summed E-state index contributed by atoms with van der Waals surface area (Å²) < 4.78 is 7.05. The minimum Gasteiger partial charge on any atom is -0.483 e. The number of carbonyl (C=O) groups excluding carboxylic acids is 1. The molecule has 0 atom stereocenters. The van der Waals surface area contributed by atoms with Crippen LogP contribution < -0.4 is 10.2 Å². The number of hydrazone groups is 1. The fourth-order valence-electron chi connectivity index (χ4n) is 2.02. The Morgan fingerprint density at radius 1 is 1.08 bits per heavy atom. The number of halogens is 2. The molecule has 0 saturated carbocycles. The van der Waals surface area contributed by atoms with Gasteiger partial charge in [0.15, 0.2) is 6.61 Å². The molecule has 2 rings (SSSR count). The lowest BCUT2D eigenvalue weighted by molar-refractivity contribution is -0.136. The minimum atomic E-state index is -0.927. The lowest BCUT2D eigenvalue weighted by atomic mass is 10.1. The van der Waals surface area contributed by atoms with E-state index < -0.39 is 11.9 Å². The van der Waals surface area contributed by atoms with E-state index in [-0.39, 0.29) is 19.4 Å². The molecule has 0 aliphatic rings. The number of nitrogens with one attached hydrogen (secondary N) is 1. The van der Waals surface area contributed by atoms with Gasteiger partial charge >= 0.3 is 5.97 Å². The molecular weight excluding hydrogens is 468 g/mol. The maximum Gasteiger partial charge on any atom is 0.303 e. The van der Waals surface area contributed by atoms with E-state index in [9.17, 15) is 9.59 Å². The first kappa shape index (κ1) is 20.1. The van der Waals surface area contributed by atoms with E-state index in [4.69, 9.17) is 9.84 Å². The SMILES string of the molecule is O=C(O)CCC(=NNC(=O)COc1ccc(Br)cc1Br)c1ccccc1. The molecule has 0 radical (unpaired) electrons. The molecule has 0 saturated heterocycles. The van der Waals surface area contributed by atoms with Gasteiger partial charge in [0.05, 0.1) is 16.6 Å². The summed E-state index contributed by atoms with van der Waals surface area (Å²) >= 11 is 6.69. The van der Waals surface area contributed by atoms with E-state index in [0.717, 1.165) is 14.5 Å². The van der Waals surface area contributed by atoms with Crippen molar-refractivity contribution in [2.24, 2.45) is 5.10 Å². The van der Waals surface area contributed by atoms with Crippen molar-refractivity contribution in [3.05, 3.63) is 63.0 Å². The zero-order valence-corrected chi connectivity index (χ0v) is 16.8. The Bertz CT molecular complexity index is 810. The van der Waals surface area contributed by atoms with Crippen LogP contribution in [-0.4, -0.2) is 29.3 Å². The van der Waals surface area contributed by atoms with Crippen molar-refractivity contribution in [3.8, 4) is 5.75 Å². The van der Waals surface area contributed by atoms with Crippen molar-refractivity contribution in [1.82, 2.24) is 5.43 Å². The molecule has 0 unspecified atom stereocenters. The Labute approximate surface area is 167 Å². The number of aliphatic carboxylic acids is 1. The van der Waals surface area contributed by atoms with Gasteiger partial charge in [0.1, 0.15) is 5.75 Å². The van der Waals surface area contributed by atoms with Crippen LogP contribution >= 0.6 is 31.9 Å². The average molecular weight is 484 g/mol. The second-order valence-electron chi connectivity index (χ2n) is 5.22. The monoisotopic (exact) mass is 482 g/mol. The van der Waals surface area contributed by atoms with E-state index in [2.05, 4.69) is 42.4 Å². The summed E-state index contributed by atoms with van der Waals surface area (Å²) in [6.45, 7) is -0.218. The van der Waals surface area contributed by atoms with Crippen LogP contribution in [0.4, 0.5) is 0 Å². The third-order valence-electron chi connectivity index (χ3n) is 3.25. The van der Waals surface area contributed by atoms with Gasteiger partial charge in [-0.3, -0.25) is 9.59 Å². The van der Waals surface area contributed by atoms with Gasteiger partial charge in [0.2, 0.25) is 0 Å². The quantitative estimate of drug-likeness (QED) is 0.439. The number of carboxylic acid groups (broad SMARTS) is 1. The lowest BCUT2D eigenvalue weighted by Gasteiger charge is -2.09. The smallest absolute Gasteiger partial charge is 0.303 e. The van der Waals surface area contributed by atoms with Crippen LogP contribution in [0.15, 0.2) is 62.6 Å². The molecule has 0 spiro atoms. The molecule has 0 heterocycles.